The quantitative estimate of drug-likeness (QED) is 0.507. The number of aliphatic imine (C=N–C) groups is 1. The van der Waals surface area contributed by atoms with E-state index < -0.39 is 0 Å². The molecule has 140 valence electrons. The third kappa shape index (κ3) is 5.56. The Labute approximate surface area is 160 Å². The Hall–Kier alpha value is -2.40. The predicted molar refractivity (Wildman–Crippen MR) is 107 cm³/mol. The van der Waals surface area contributed by atoms with Crippen LogP contribution in [-0.4, -0.2) is 31.3 Å². The Balaban J connectivity index is 2.02. The van der Waals surface area contributed by atoms with E-state index in [1.807, 2.05) is 43.3 Å². The molecule has 2 aromatic rings. The zero-order chi connectivity index (χ0) is 18.9. The Morgan fingerprint density at radius 3 is 2.73 bits per heavy atom. The average Bonchev–Trinajstić information content (AvgIpc) is 2.63. The average molecular weight is 376 g/mol. The molecule has 2 rings (SSSR count). The summed E-state index contributed by atoms with van der Waals surface area (Å²) in [5.41, 5.74) is 1.90. The predicted octanol–water partition coefficient (Wildman–Crippen LogP) is 3.91. The minimum absolute atomic E-state index is 0.0664. The smallest absolute Gasteiger partial charge is 0.191 e. The van der Waals surface area contributed by atoms with Crippen molar-refractivity contribution in [3.8, 4) is 11.5 Å². The molecule has 1 atom stereocenters. The molecule has 0 fully saturated rings. The molecular formula is C20H26ClN3O2. The molecule has 1 unspecified atom stereocenters. The standard InChI is InChI=1S/C20H26ClN3O2/c1-4-22-20(24-14(2)16-8-5-9-17(21)13-16)23-12-11-15-7-6-10-18(26-3)19(15)25/h5-10,13-14,25H,4,11-12H2,1-3H3,(H2,22,23,24). The number of methoxy groups -OCH3 is 1. The maximum absolute atomic E-state index is 10.2. The van der Waals surface area contributed by atoms with E-state index in [2.05, 4.69) is 22.5 Å². The molecular weight excluding hydrogens is 350 g/mol. The minimum atomic E-state index is 0.0664. The van der Waals surface area contributed by atoms with Crippen molar-refractivity contribution in [3.05, 3.63) is 58.6 Å². The van der Waals surface area contributed by atoms with Crippen molar-refractivity contribution in [1.82, 2.24) is 10.6 Å². The summed E-state index contributed by atoms with van der Waals surface area (Å²) in [7, 11) is 1.54. The number of nitrogens with one attached hydrogen (secondary N) is 2. The molecule has 0 bridgehead atoms. The summed E-state index contributed by atoms with van der Waals surface area (Å²) in [6.45, 7) is 5.39. The summed E-state index contributed by atoms with van der Waals surface area (Å²) in [5, 5.41) is 17.5. The normalized spacial score (nSPS) is 12.5. The van der Waals surface area contributed by atoms with Crippen LogP contribution in [0.1, 0.15) is 31.0 Å². The van der Waals surface area contributed by atoms with Gasteiger partial charge in [-0.2, -0.15) is 0 Å². The van der Waals surface area contributed by atoms with Gasteiger partial charge in [-0.05, 0) is 49.6 Å². The largest absolute Gasteiger partial charge is 0.504 e. The van der Waals surface area contributed by atoms with Crippen molar-refractivity contribution in [2.75, 3.05) is 20.2 Å². The van der Waals surface area contributed by atoms with Gasteiger partial charge in [-0.15, -0.1) is 0 Å². The van der Waals surface area contributed by atoms with Gasteiger partial charge in [0.25, 0.3) is 0 Å². The molecule has 0 radical (unpaired) electrons. The number of phenols is 1. The molecule has 0 aliphatic carbocycles. The fourth-order valence-electron chi connectivity index (χ4n) is 2.61. The molecule has 5 nitrogen and oxygen atoms in total. The lowest BCUT2D eigenvalue weighted by molar-refractivity contribution is 0.370. The minimum Gasteiger partial charge on any atom is -0.504 e. The molecule has 0 amide bonds. The highest BCUT2D eigenvalue weighted by atomic mass is 35.5. The second-order valence-electron chi connectivity index (χ2n) is 5.90. The maximum atomic E-state index is 10.2. The number of hydrogen-bond acceptors (Lipinski definition) is 3. The van der Waals surface area contributed by atoms with Crippen molar-refractivity contribution in [2.24, 2.45) is 4.99 Å². The van der Waals surface area contributed by atoms with Crippen LogP contribution in [-0.2, 0) is 6.42 Å². The van der Waals surface area contributed by atoms with Gasteiger partial charge in [-0.25, -0.2) is 0 Å². The number of rotatable bonds is 7. The number of benzene rings is 2. The first-order chi connectivity index (χ1) is 12.5. The van der Waals surface area contributed by atoms with Gasteiger partial charge >= 0.3 is 0 Å². The van der Waals surface area contributed by atoms with E-state index >= 15 is 0 Å². The van der Waals surface area contributed by atoms with Gasteiger partial charge in [-0.1, -0.05) is 35.9 Å². The molecule has 0 aromatic heterocycles. The van der Waals surface area contributed by atoms with E-state index in [-0.39, 0.29) is 11.8 Å². The van der Waals surface area contributed by atoms with Gasteiger partial charge in [-0.3, -0.25) is 4.99 Å². The third-order valence-corrected chi connectivity index (χ3v) is 4.23. The fourth-order valence-corrected chi connectivity index (χ4v) is 2.81. The summed E-state index contributed by atoms with van der Waals surface area (Å²) < 4.78 is 5.14. The first-order valence-corrected chi connectivity index (χ1v) is 9.08. The van der Waals surface area contributed by atoms with Crippen LogP contribution in [0.25, 0.3) is 0 Å². The summed E-state index contributed by atoms with van der Waals surface area (Å²) in [6.07, 6.45) is 0.616. The SMILES string of the molecule is CCNC(=NCCc1cccc(OC)c1O)NC(C)c1cccc(Cl)c1. The number of nitrogens with zero attached hydrogens (tertiary/aromatic N) is 1. The van der Waals surface area contributed by atoms with Crippen LogP contribution in [0.3, 0.4) is 0 Å². The fraction of sp³-hybridized carbons (Fsp3) is 0.350. The zero-order valence-electron chi connectivity index (χ0n) is 15.4. The highest BCUT2D eigenvalue weighted by Gasteiger charge is 2.09. The Bertz CT molecular complexity index is 750. The van der Waals surface area contributed by atoms with Crippen molar-refractivity contribution in [1.29, 1.82) is 0 Å². The lowest BCUT2D eigenvalue weighted by atomic mass is 10.1. The molecule has 6 heteroatoms. The van der Waals surface area contributed by atoms with Crippen LogP contribution >= 0.6 is 11.6 Å². The number of guanidine groups is 1. The van der Waals surface area contributed by atoms with Gasteiger partial charge in [0.15, 0.2) is 17.5 Å². The van der Waals surface area contributed by atoms with Crippen LogP contribution in [0.4, 0.5) is 0 Å². The van der Waals surface area contributed by atoms with E-state index in [1.54, 1.807) is 13.2 Å². The number of hydrogen-bond donors (Lipinski definition) is 3. The monoisotopic (exact) mass is 375 g/mol. The van der Waals surface area contributed by atoms with Gasteiger partial charge in [0.1, 0.15) is 0 Å². The first-order valence-electron chi connectivity index (χ1n) is 8.70. The van der Waals surface area contributed by atoms with Crippen LogP contribution in [0.5, 0.6) is 11.5 Å². The van der Waals surface area contributed by atoms with E-state index in [0.717, 1.165) is 23.6 Å². The van der Waals surface area contributed by atoms with E-state index in [0.29, 0.717) is 23.7 Å². The topological polar surface area (TPSA) is 65.9 Å². The number of ether oxygens (including phenoxy) is 1. The first kappa shape index (κ1) is 19.9. The Kier molecular flexibility index (Phi) is 7.60. The molecule has 2 aromatic carbocycles. The van der Waals surface area contributed by atoms with E-state index in [9.17, 15) is 5.11 Å². The van der Waals surface area contributed by atoms with Crippen LogP contribution in [0.15, 0.2) is 47.5 Å². The molecule has 26 heavy (non-hydrogen) atoms. The lowest BCUT2D eigenvalue weighted by Gasteiger charge is -2.18. The summed E-state index contributed by atoms with van der Waals surface area (Å²) in [5.74, 6) is 1.38. The Morgan fingerprint density at radius 2 is 2.04 bits per heavy atom. The van der Waals surface area contributed by atoms with E-state index in [1.165, 1.54) is 0 Å². The molecule has 0 spiro atoms. The number of para-hydroxylation sites is 1. The highest BCUT2D eigenvalue weighted by Crippen LogP contribution is 2.29. The van der Waals surface area contributed by atoms with Gasteiger partial charge in [0.05, 0.1) is 13.2 Å². The summed E-state index contributed by atoms with van der Waals surface area (Å²) in [4.78, 5) is 4.60. The highest BCUT2D eigenvalue weighted by molar-refractivity contribution is 6.30. The second-order valence-corrected chi connectivity index (χ2v) is 6.34. The lowest BCUT2D eigenvalue weighted by Crippen LogP contribution is -2.38. The van der Waals surface area contributed by atoms with Gasteiger partial charge < -0.3 is 20.5 Å². The Morgan fingerprint density at radius 1 is 1.27 bits per heavy atom. The number of aromatic hydroxyl groups is 1. The van der Waals surface area contributed by atoms with Crippen LogP contribution < -0.4 is 15.4 Å². The number of halogens is 1. The molecule has 0 saturated heterocycles. The van der Waals surface area contributed by atoms with Gasteiger partial charge in [0, 0.05) is 18.1 Å². The van der Waals surface area contributed by atoms with E-state index in [4.69, 9.17) is 16.3 Å². The molecule has 0 aliphatic heterocycles. The van der Waals surface area contributed by atoms with Crippen molar-refractivity contribution in [2.45, 2.75) is 26.3 Å². The zero-order valence-corrected chi connectivity index (χ0v) is 16.2. The van der Waals surface area contributed by atoms with Crippen molar-refractivity contribution >= 4 is 17.6 Å². The molecule has 3 N–H and O–H groups in total. The van der Waals surface area contributed by atoms with Crippen molar-refractivity contribution in [3.63, 3.8) is 0 Å². The summed E-state index contributed by atoms with van der Waals surface area (Å²) >= 11 is 6.07. The van der Waals surface area contributed by atoms with Crippen LogP contribution in [0.2, 0.25) is 5.02 Å². The molecule has 0 heterocycles. The third-order valence-electron chi connectivity index (χ3n) is 4.00. The van der Waals surface area contributed by atoms with Crippen LogP contribution in [0, 0.1) is 0 Å². The van der Waals surface area contributed by atoms with Crippen molar-refractivity contribution < 1.29 is 9.84 Å². The molecule has 0 saturated carbocycles. The number of phenolic OH excluding ortho intramolecular Hbond substituents is 1. The molecule has 0 aliphatic rings. The summed E-state index contributed by atoms with van der Waals surface area (Å²) in [6, 6.07) is 13.3. The maximum Gasteiger partial charge on any atom is 0.191 e. The second kappa shape index (κ2) is 9.92. The van der Waals surface area contributed by atoms with Gasteiger partial charge in [0.2, 0.25) is 0 Å².